The van der Waals surface area contributed by atoms with Gasteiger partial charge in [-0.1, -0.05) is 12.1 Å². The Kier molecular flexibility index (Phi) is 4.82. The molecular weight excluding hydrogens is 280 g/mol. The standard InChI is InChI=1S/C14H20O7/c1-20-9-4-2-8(3-5-9)6-14(19)13(18)12(17)11(16)10(7-15)21-14/h2-5,10-13,15-19H,6-7H2,1H3/t10-,11+,12+,13-,14-/m1/s1. The van der Waals surface area contributed by atoms with Crippen LogP contribution in [-0.2, 0) is 11.2 Å². The molecule has 0 bridgehead atoms. The van der Waals surface area contributed by atoms with Crippen molar-refractivity contribution in [3.05, 3.63) is 29.8 Å². The second-order valence-electron chi connectivity index (χ2n) is 5.13. The molecule has 1 saturated heterocycles. The summed E-state index contributed by atoms with van der Waals surface area (Å²) in [7, 11) is 1.53. The zero-order valence-electron chi connectivity index (χ0n) is 11.6. The first-order valence-corrected chi connectivity index (χ1v) is 6.59. The third-order valence-electron chi connectivity index (χ3n) is 3.67. The molecule has 0 radical (unpaired) electrons. The highest BCUT2D eigenvalue weighted by atomic mass is 16.7. The molecule has 118 valence electrons. The number of rotatable bonds is 4. The van der Waals surface area contributed by atoms with Crippen molar-refractivity contribution < 1.29 is 35.0 Å². The average molecular weight is 300 g/mol. The number of aliphatic hydroxyl groups excluding tert-OH is 4. The maximum atomic E-state index is 10.4. The summed E-state index contributed by atoms with van der Waals surface area (Å²) in [6.45, 7) is -0.587. The summed E-state index contributed by atoms with van der Waals surface area (Å²) < 4.78 is 10.2. The van der Waals surface area contributed by atoms with E-state index in [1.165, 1.54) is 7.11 Å². The van der Waals surface area contributed by atoms with Gasteiger partial charge < -0.3 is 35.0 Å². The number of aliphatic hydroxyl groups is 5. The molecule has 1 aromatic rings. The molecule has 1 aromatic carbocycles. The van der Waals surface area contributed by atoms with Gasteiger partial charge in [-0.2, -0.15) is 0 Å². The van der Waals surface area contributed by atoms with Crippen LogP contribution in [0.25, 0.3) is 0 Å². The zero-order valence-corrected chi connectivity index (χ0v) is 11.6. The van der Waals surface area contributed by atoms with E-state index in [0.29, 0.717) is 11.3 Å². The van der Waals surface area contributed by atoms with Gasteiger partial charge in [-0.05, 0) is 17.7 Å². The van der Waals surface area contributed by atoms with Crippen LogP contribution in [0.4, 0.5) is 0 Å². The highest BCUT2D eigenvalue weighted by Gasteiger charge is 2.52. The second-order valence-corrected chi connectivity index (χ2v) is 5.13. The Morgan fingerprint density at radius 1 is 1.14 bits per heavy atom. The van der Waals surface area contributed by atoms with E-state index in [1.807, 2.05) is 0 Å². The summed E-state index contributed by atoms with van der Waals surface area (Å²) in [6.07, 6.45) is -6.07. The first-order valence-electron chi connectivity index (χ1n) is 6.59. The minimum absolute atomic E-state index is 0.113. The Hall–Kier alpha value is -1.22. The summed E-state index contributed by atoms with van der Waals surface area (Å²) in [6, 6.07) is 6.72. The Morgan fingerprint density at radius 2 is 1.76 bits per heavy atom. The predicted octanol–water partition coefficient (Wildman–Crippen LogP) is -1.60. The van der Waals surface area contributed by atoms with Gasteiger partial charge in [-0.3, -0.25) is 0 Å². The third-order valence-corrected chi connectivity index (χ3v) is 3.67. The zero-order chi connectivity index (χ0) is 15.6. The van der Waals surface area contributed by atoms with Crippen molar-refractivity contribution in [1.82, 2.24) is 0 Å². The van der Waals surface area contributed by atoms with E-state index in [4.69, 9.17) is 14.6 Å². The van der Waals surface area contributed by atoms with Crippen LogP contribution in [0.5, 0.6) is 5.75 Å². The molecule has 2 rings (SSSR count). The summed E-state index contributed by atoms with van der Waals surface area (Å²) >= 11 is 0. The van der Waals surface area contributed by atoms with Crippen LogP contribution in [0.2, 0.25) is 0 Å². The van der Waals surface area contributed by atoms with E-state index < -0.39 is 36.8 Å². The lowest BCUT2D eigenvalue weighted by Crippen LogP contribution is -2.65. The normalized spacial score (nSPS) is 36.5. The average Bonchev–Trinajstić information content (AvgIpc) is 2.50. The molecule has 1 fully saturated rings. The van der Waals surface area contributed by atoms with Crippen molar-refractivity contribution in [3.8, 4) is 5.75 Å². The number of hydrogen-bond donors (Lipinski definition) is 5. The molecule has 1 aliphatic rings. The summed E-state index contributed by atoms with van der Waals surface area (Å²) in [5.74, 6) is -1.46. The molecule has 0 aromatic heterocycles. The summed E-state index contributed by atoms with van der Waals surface area (Å²) in [5.41, 5.74) is 0.637. The quantitative estimate of drug-likeness (QED) is 0.454. The van der Waals surface area contributed by atoms with Crippen molar-refractivity contribution in [2.24, 2.45) is 0 Å². The highest BCUT2D eigenvalue weighted by Crippen LogP contribution is 2.31. The Morgan fingerprint density at radius 3 is 2.29 bits per heavy atom. The molecule has 7 heteroatoms. The smallest absolute Gasteiger partial charge is 0.199 e. The highest BCUT2D eigenvalue weighted by molar-refractivity contribution is 5.28. The van der Waals surface area contributed by atoms with Crippen LogP contribution in [-0.4, -0.2) is 69.5 Å². The minimum Gasteiger partial charge on any atom is -0.497 e. The van der Waals surface area contributed by atoms with Crippen molar-refractivity contribution in [3.63, 3.8) is 0 Å². The Balaban J connectivity index is 2.18. The summed E-state index contributed by atoms with van der Waals surface area (Å²) in [5, 5.41) is 48.9. The fourth-order valence-corrected chi connectivity index (χ4v) is 2.40. The van der Waals surface area contributed by atoms with E-state index in [0.717, 1.165) is 0 Å². The molecule has 5 atom stereocenters. The van der Waals surface area contributed by atoms with Crippen molar-refractivity contribution in [2.75, 3.05) is 13.7 Å². The maximum Gasteiger partial charge on any atom is 0.199 e. The second kappa shape index (κ2) is 6.27. The number of ether oxygens (including phenoxy) is 2. The first-order chi connectivity index (χ1) is 9.91. The van der Waals surface area contributed by atoms with Gasteiger partial charge in [-0.25, -0.2) is 0 Å². The molecule has 0 spiro atoms. The SMILES string of the molecule is COc1ccc(C[C@@]2(O)O[C@H](CO)[C@H](O)[C@H](O)[C@H]2O)cc1. The molecular formula is C14H20O7. The van der Waals surface area contributed by atoms with Crippen molar-refractivity contribution in [1.29, 1.82) is 0 Å². The van der Waals surface area contributed by atoms with Gasteiger partial charge in [0.25, 0.3) is 0 Å². The van der Waals surface area contributed by atoms with Gasteiger partial charge in [0.15, 0.2) is 5.79 Å². The van der Waals surface area contributed by atoms with Crippen molar-refractivity contribution in [2.45, 2.75) is 36.6 Å². The van der Waals surface area contributed by atoms with Gasteiger partial charge in [-0.15, -0.1) is 0 Å². The molecule has 1 aliphatic heterocycles. The molecule has 1 heterocycles. The van der Waals surface area contributed by atoms with Crippen LogP contribution >= 0.6 is 0 Å². The molecule has 7 nitrogen and oxygen atoms in total. The Labute approximate surface area is 122 Å². The van der Waals surface area contributed by atoms with E-state index in [-0.39, 0.29) is 6.42 Å². The third kappa shape index (κ3) is 3.18. The largest absolute Gasteiger partial charge is 0.497 e. The number of benzene rings is 1. The fraction of sp³-hybridized carbons (Fsp3) is 0.571. The predicted molar refractivity (Wildman–Crippen MR) is 71.6 cm³/mol. The molecule has 0 amide bonds. The van der Waals surface area contributed by atoms with E-state index in [9.17, 15) is 20.4 Å². The topological polar surface area (TPSA) is 120 Å². The first kappa shape index (κ1) is 16.2. The van der Waals surface area contributed by atoms with E-state index in [1.54, 1.807) is 24.3 Å². The van der Waals surface area contributed by atoms with E-state index >= 15 is 0 Å². The maximum absolute atomic E-state index is 10.4. The van der Waals surface area contributed by atoms with E-state index in [2.05, 4.69) is 0 Å². The van der Waals surface area contributed by atoms with Crippen LogP contribution < -0.4 is 4.74 Å². The van der Waals surface area contributed by atoms with Crippen LogP contribution in [0.15, 0.2) is 24.3 Å². The summed E-state index contributed by atoms with van der Waals surface area (Å²) in [4.78, 5) is 0. The molecule has 5 N–H and O–H groups in total. The molecule has 0 saturated carbocycles. The lowest BCUT2D eigenvalue weighted by molar-refractivity contribution is -0.348. The fourth-order valence-electron chi connectivity index (χ4n) is 2.40. The molecule has 21 heavy (non-hydrogen) atoms. The van der Waals surface area contributed by atoms with Crippen molar-refractivity contribution >= 4 is 0 Å². The lowest BCUT2D eigenvalue weighted by Gasteiger charge is -2.45. The monoisotopic (exact) mass is 300 g/mol. The van der Waals surface area contributed by atoms with Gasteiger partial charge >= 0.3 is 0 Å². The van der Waals surface area contributed by atoms with Gasteiger partial charge in [0.1, 0.15) is 30.2 Å². The van der Waals surface area contributed by atoms with Crippen LogP contribution in [0.1, 0.15) is 5.56 Å². The molecule has 0 unspecified atom stereocenters. The van der Waals surface area contributed by atoms with Gasteiger partial charge in [0.05, 0.1) is 13.7 Å². The Bertz CT molecular complexity index is 461. The van der Waals surface area contributed by atoms with Crippen LogP contribution in [0.3, 0.4) is 0 Å². The minimum atomic E-state index is -2.10. The van der Waals surface area contributed by atoms with Gasteiger partial charge in [0, 0.05) is 6.42 Å². The number of hydrogen-bond acceptors (Lipinski definition) is 7. The molecule has 0 aliphatic carbocycles. The van der Waals surface area contributed by atoms with Crippen LogP contribution in [0, 0.1) is 0 Å². The number of methoxy groups -OCH3 is 1. The van der Waals surface area contributed by atoms with Gasteiger partial charge in [0.2, 0.25) is 0 Å². The lowest BCUT2D eigenvalue weighted by atomic mass is 9.89.